The molecular formula is C13H8F2IN3. The van der Waals surface area contributed by atoms with Crippen LogP contribution in [-0.2, 0) is 6.54 Å². The molecule has 0 spiro atoms. The molecule has 2 aromatic heterocycles. The van der Waals surface area contributed by atoms with Gasteiger partial charge >= 0.3 is 0 Å². The Morgan fingerprint density at radius 3 is 2.79 bits per heavy atom. The van der Waals surface area contributed by atoms with Crippen molar-refractivity contribution in [3.8, 4) is 0 Å². The first-order valence-electron chi connectivity index (χ1n) is 5.56. The highest BCUT2D eigenvalue weighted by Crippen LogP contribution is 2.23. The predicted molar refractivity (Wildman–Crippen MR) is 75.7 cm³/mol. The lowest BCUT2D eigenvalue weighted by Crippen LogP contribution is -2.05. The summed E-state index contributed by atoms with van der Waals surface area (Å²) >= 11 is 2.04. The Morgan fingerprint density at radius 2 is 2.00 bits per heavy atom. The second-order valence-corrected chi connectivity index (χ2v) is 5.07. The quantitative estimate of drug-likeness (QED) is 0.647. The Balaban J connectivity index is 2.14. The minimum absolute atomic E-state index is 0.175. The van der Waals surface area contributed by atoms with Gasteiger partial charge in [-0.15, -0.1) is 0 Å². The number of hydrogen-bond acceptors (Lipinski definition) is 2. The molecule has 3 aromatic rings. The number of aromatic nitrogens is 3. The highest BCUT2D eigenvalue weighted by atomic mass is 127. The van der Waals surface area contributed by atoms with Crippen molar-refractivity contribution in [2.75, 3.05) is 0 Å². The molecule has 96 valence electrons. The molecule has 0 saturated heterocycles. The molecule has 0 aliphatic rings. The van der Waals surface area contributed by atoms with Crippen molar-refractivity contribution in [2.45, 2.75) is 6.54 Å². The van der Waals surface area contributed by atoms with Crippen LogP contribution in [0.3, 0.4) is 0 Å². The Bertz CT molecular complexity index is 755. The van der Waals surface area contributed by atoms with Crippen molar-refractivity contribution >= 4 is 33.5 Å². The van der Waals surface area contributed by atoms with Gasteiger partial charge in [-0.25, -0.2) is 8.78 Å². The first-order chi connectivity index (χ1) is 9.16. The van der Waals surface area contributed by atoms with Gasteiger partial charge in [0.1, 0.15) is 20.9 Å². The van der Waals surface area contributed by atoms with Crippen molar-refractivity contribution in [3.05, 3.63) is 57.6 Å². The number of halogens is 3. The zero-order chi connectivity index (χ0) is 13.4. The molecule has 0 bridgehead atoms. The number of pyridine rings is 1. The van der Waals surface area contributed by atoms with Crippen LogP contribution in [0.25, 0.3) is 10.9 Å². The molecule has 0 N–H and O–H groups in total. The Kier molecular flexibility index (Phi) is 3.17. The van der Waals surface area contributed by atoms with Crippen LogP contribution in [-0.4, -0.2) is 14.8 Å². The van der Waals surface area contributed by atoms with Crippen LogP contribution in [0.2, 0.25) is 0 Å². The molecule has 19 heavy (non-hydrogen) atoms. The van der Waals surface area contributed by atoms with E-state index in [4.69, 9.17) is 0 Å². The van der Waals surface area contributed by atoms with Crippen molar-refractivity contribution in [1.29, 1.82) is 0 Å². The average Bonchev–Trinajstić information content (AvgIpc) is 2.71. The lowest BCUT2D eigenvalue weighted by molar-refractivity contribution is 0.576. The van der Waals surface area contributed by atoms with E-state index >= 15 is 0 Å². The van der Waals surface area contributed by atoms with Gasteiger partial charge in [-0.2, -0.15) is 5.10 Å². The Morgan fingerprint density at radius 1 is 1.16 bits per heavy atom. The minimum atomic E-state index is -0.419. The first kappa shape index (κ1) is 12.5. The fraction of sp³-hybridized carbons (Fsp3) is 0.0769. The molecule has 0 amide bonds. The molecule has 3 nitrogen and oxygen atoms in total. The van der Waals surface area contributed by atoms with Gasteiger partial charge in [-0.05, 0) is 40.8 Å². The summed E-state index contributed by atoms with van der Waals surface area (Å²) in [4.78, 5) is 3.69. The number of rotatable bonds is 2. The first-order valence-corrected chi connectivity index (χ1v) is 6.63. The predicted octanol–water partition coefficient (Wildman–Crippen LogP) is 3.36. The molecule has 0 saturated carbocycles. The van der Waals surface area contributed by atoms with E-state index in [1.165, 1.54) is 16.9 Å². The number of para-hydroxylation sites is 1. The molecule has 0 atom stereocenters. The van der Waals surface area contributed by atoms with Crippen LogP contribution < -0.4 is 0 Å². The standard InChI is InChI=1S/C13H8F2IN3/c14-10-3-1-2-9-12(10)19(18-13(9)16)7-8-4-5-17-6-11(8)15/h1-6H,7H2. The summed E-state index contributed by atoms with van der Waals surface area (Å²) in [5.74, 6) is -0.778. The summed E-state index contributed by atoms with van der Waals surface area (Å²) < 4.78 is 29.6. The maximum absolute atomic E-state index is 13.9. The molecule has 2 heterocycles. The zero-order valence-corrected chi connectivity index (χ0v) is 11.8. The van der Waals surface area contributed by atoms with E-state index in [9.17, 15) is 8.78 Å². The van der Waals surface area contributed by atoms with Gasteiger partial charge in [0.05, 0.1) is 12.7 Å². The SMILES string of the molecule is Fc1cnccc1Cn1nc(I)c2cccc(F)c21. The lowest BCUT2D eigenvalue weighted by Gasteiger charge is -2.05. The summed E-state index contributed by atoms with van der Waals surface area (Å²) in [6, 6.07) is 6.38. The fourth-order valence-corrected chi connectivity index (χ4v) is 2.66. The Hall–Kier alpha value is -1.57. The monoisotopic (exact) mass is 371 g/mol. The molecular weight excluding hydrogens is 363 g/mol. The van der Waals surface area contributed by atoms with Crippen LogP contribution >= 0.6 is 22.6 Å². The van der Waals surface area contributed by atoms with Gasteiger partial charge in [0, 0.05) is 17.1 Å². The van der Waals surface area contributed by atoms with Gasteiger partial charge in [0.15, 0.2) is 0 Å². The van der Waals surface area contributed by atoms with Gasteiger partial charge in [-0.3, -0.25) is 9.67 Å². The molecule has 3 rings (SSSR count). The average molecular weight is 371 g/mol. The summed E-state index contributed by atoms with van der Waals surface area (Å²) in [5.41, 5.74) is 0.821. The molecule has 0 unspecified atom stereocenters. The van der Waals surface area contributed by atoms with Crippen molar-refractivity contribution < 1.29 is 8.78 Å². The molecule has 0 fully saturated rings. The van der Waals surface area contributed by atoms with Gasteiger partial charge in [0.25, 0.3) is 0 Å². The highest BCUT2D eigenvalue weighted by molar-refractivity contribution is 14.1. The highest BCUT2D eigenvalue weighted by Gasteiger charge is 2.13. The number of nitrogens with zero attached hydrogens (tertiary/aromatic N) is 3. The summed E-state index contributed by atoms with van der Waals surface area (Å²) in [5, 5.41) is 4.99. The summed E-state index contributed by atoms with van der Waals surface area (Å²) in [6.07, 6.45) is 2.65. The van der Waals surface area contributed by atoms with E-state index in [-0.39, 0.29) is 12.4 Å². The van der Waals surface area contributed by atoms with Crippen LogP contribution in [0.5, 0.6) is 0 Å². The third kappa shape index (κ3) is 2.20. The molecule has 1 aromatic carbocycles. The maximum Gasteiger partial charge on any atom is 0.149 e. The third-order valence-electron chi connectivity index (χ3n) is 2.85. The van der Waals surface area contributed by atoms with E-state index in [1.807, 2.05) is 22.6 Å². The van der Waals surface area contributed by atoms with E-state index in [0.29, 0.717) is 14.8 Å². The number of benzene rings is 1. The maximum atomic E-state index is 13.9. The van der Waals surface area contributed by atoms with Crippen LogP contribution in [0.4, 0.5) is 8.78 Å². The van der Waals surface area contributed by atoms with E-state index in [1.54, 1.807) is 18.2 Å². The Labute approximate surface area is 121 Å². The summed E-state index contributed by atoms with van der Waals surface area (Å²) in [6.45, 7) is 0.175. The van der Waals surface area contributed by atoms with E-state index in [0.717, 1.165) is 11.6 Å². The smallest absolute Gasteiger partial charge is 0.149 e. The van der Waals surface area contributed by atoms with Crippen molar-refractivity contribution in [3.63, 3.8) is 0 Å². The second-order valence-electron chi connectivity index (χ2n) is 4.05. The summed E-state index contributed by atoms with van der Waals surface area (Å²) in [7, 11) is 0. The van der Waals surface area contributed by atoms with Crippen molar-refractivity contribution in [1.82, 2.24) is 14.8 Å². The fourth-order valence-electron chi connectivity index (χ4n) is 1.96. The van der Waals surface area contributed by atoms with Crippen LogP contribution in [0.1, 0.15) is 5.56 Å². The second kappa shape index (κ2) is 4.84. The zero-order valence-electron chi connectivity index (χ0n) is 9.65. The van der Waals surface area contributed by atoms with Gasteiger partial charge in [-0.1, -0.05) is 6.07 Å². The lowest BCUT2D eigenvalue weighted by atomic mass is 10.2. The van der Waals surface area contributed by atoms with Gasteiger partial charge < -0.3 is 0 Å². The normalized spacial score (nSPS) is 11.1. The number of fused-ring (bicyclic) bond motifs is 1. The van der Waals surface area contributed by atoms with Crippen LogP contribution in [0, 0.1) is 15.3 Å². The van der Waals surface area contributed by atoms with E-state index in [2.05, 4.69) is 10.1 Å². The molecule has 0 radical (unpaired) electrons. The van der Waals surface area contributed by atoms with Gasteiger partial charge in [0.2, 0.25) is 0 Å². The molecule has 6 heteroatoms. The molecule has 0 aliphatic carbocycles. The molecule has 0 aliphatic heterocycles. The third-order valence-corrected chi connectivity index (χ3v) is 3.65. The van der Waals surface area contributed by atoms with Crippen LogP contribution in [0.15, 0.2) is 36.7 Å². The largest absolute Gasteiger partial charge is 0.262 e. The minimum Gasteiger partial charge on any atom is -0.262 e. The van der Waals surface area contributed by atoms with E-state index < -0.39 is 5.82 Å². The number of hydrogen-bond donors (Lipinski definition) is 0. The van der Waals surface area contributed by atoms with Crippen molar-refractivity contribution in [2.24, 2.45) is 0 Å². The topological polar surface area (TPSA) is 30.7 Å².